The number of amides is 1. The maximum atomic E-state index is 12.2. The van der Waals surface area contributed by atoms with E-state index in [1.54, 1.807) is 55.3 Å². The van der Waals surface area contributed by atoms with E-state index in [9.17, 15) is 9.59 Å². The number of aromatic nitrogens is 2. The first-order valence-electron chi connectivity index (χ1n) is 7.22. The van der Waals surface area contributed by atoms with Crippen LogP contribution in [0.1, 0.15) is 22.8 Å². The first kappa shape index (κ1) is 17.0. The molecule has 1 aromatic heterocycles. The summed E-state index contributed by atoms with van der Waals surface area (Å²) in [5.41, 5.74) is 1.47. The highest BCUT2D eigenvalue weighted by atomic mass is 16.5. The number of rotatable bonds is 5. The minimum absolute atomic E-state index is 0.0440. The molecule has 0 unspecified atom stereocenters. The second-order valence-corrected chi connectivity index (χ2v) is 4.87. The van der Waals surface area contributed by atoms with Crippen LogP contribution in [0.2, 0.25) is 0 Å². The van der Waals surface area contributed by atoms with Crippen LogP contribution in [-0.4, -0.2) is 28.3 Å². The molecule has 1 aromatic carbocycles. The summed E-state index contributed by atoms with van der Waals surface area (Å²) in [6, 6.07) is 8.10. The molecule has 7 nitrogen and oxygen atoms in total. The van der Waals surface area contributed by atoms with Gasteiger partial charge in [0.05, 0.1) is 18.4 Å². The van der Waals surface area contributed by atoms with Crippen LogP contribution >= 0.6 is 0 Å². The number of carbonyl (C=O) groups excluding carboxylic acids is 2. The van der Waals surface area contributed by atoms with Gasteiger partial charge in [-0.1, -0.05) is 0 Å². The normalized spacial score (nSPS) is 10.8. The summed E-state index contributed by atoms with van der Waals surface area (Å²) in [6.45, 7) is 2.02. The van der Waals surface area contributed by atoms with Crippen molar-refractivity contribution in [2.24, 2.45) is 7.05 Å². The fourth-order valence-electron chi connectivity index (χ4n) is 1.93. The lowest BCUT2D eigenvalue weighted by atomic mass is 10.1. The molecule has 0 radical (unpaired) electrons. The summed E-state index contributed by atoms with van der Waals surface area (Å²) in [4.78, 5) is 23.7. The van der Waals surface area contributed by atoms with Crippen LogP contribution in [0.5, 0.6) is 0 Å². The molecule has 2 rings (SSSR count). The summed E-state index contributed by atoms with van der Waals surface area (Å²) in [7, 11) is 1.74. The minimum atomic E-state index is -0.537. The topological polar surface area (TPSA) is 97.0 Å². The molecule has 0 aliphatic rings. The number of hydrogen-bond donors (Lipinski definition) is 1. The zero-order valence-corrected chi connectivity index (χ0v) is 13.3. The molecule has 2 aromatic rings. The molecular formula is C17H16N4O3. The van der Waals surface area contributed by atoms with Gasteiger partial charge in [0.1, 0.15) is 11.6 Å². The van der Waals surface area contributed by atoms with Gasteiger partial charge in [0.25, 0.3) is 5.91 Å². The summed E-state index contributed by atoms with van der Waals surface area (Å²) in [5, 5.41) is 15.7. The smallest absolute Gasteiger partial charge is 0.338 e. The van der Waals surface area contributed by atoms with Gasteiger partial charge in [0, 0.05) is 24.5 Å². The molecule has 0 atom stereocenters. The zero-order chi connectivity index (χ0) is 17.5. The third-order valence-corrected chi connectivity index (χ3v) is 3.05. The van der Waals surface area contributed by atoms with E-state index in [0.717, 1.165) is 0 Å². The van der Waals surface area contributed by atoms with E-state index < -0.39 is 11.9 Å². The van der Waals surface area contributed by atoms with Crippen LogP contribution in [-0.2, 0) is 16.6 Å². The van der Waals surface area contributed by atoms with Crippen LogP contribution in [0, 0.1) is 11.3 Å². The van der Waals surface area contributed by atoms with Gasteiger partial charge < -0.3 is 10.1 Å². The van der Waals surface area contributed by atoms with E-state index in [0.29, 0.717) is 23.4 Å². The second-order valence-electron chi connectivity index (χ2n) is 4.87. The zero-order valence-electron chi connectivity index (χ0n) is 13.3. The monoisotopic (exact) mass is 324 g/mol. The van der Waals surface area contributed by atoms with Gasteiger partial charge >= 0.3 is 5.97 Å². The number of ether oxygens (including phenoxy) is 1. The van der Waals surface area contributed by atoms with Crippen molar-refractivity contribution < 1.29 is 14.3 Å². The number of benzene rings is 1. The molecule has 122 valence electrons. The largest absolute Gasteiger partial charge is 0.462 e. The molecule has 0 aliphatic heterocycles. The Bertz CT molecular complexity index is 813. The Balaban J connectivity index is 2.09. The van der Waals surface area contributed by atoms with E-state index in [-0.39, 0.29) is 5.57 Å². The Labute approximate surface area is 139 Å². The van der Waals surface area contributed by atoms with Gasteiger partial charge in [-0.05, 0) is 37.3 Å². The number of aryl methyl sites for hydroxylation is 1. The van der Waals surface area contributed by atoms with Gasteiger partial charge in [-0.25, -0.2) is 4.79 Å². The Hall–Kier alpha value is -3.40. The predicted molar refractivity (Wildman–Crippen MR) is 87.8 cm³/mol. The lowest BCUT2D eigenvalue weighted by Crippen LogP contribution is -2.13. The number of nitrogens with one attached hydrogen (secondary N) is 1. The van der Waals surface area contributed by atoms with Crippen LogP contribution in [0.25, 0.3) is 6.08 Å². The van der Waals surface area contributed by atoms with E-state index in [1.807, 2.05) is 6.07 Å². The molecule has 7 heteroatoms. The Kier molecular flexibility index (Phi) is 5.47. The van der Waals surface area contributed by atoms with E-state index >= 15 is 0 Å². The molecule has 0 spiro atoms. The standard InChI is InChI=1S/C17H16N4O3/c1-3-24-17(23)13-4-6-15(7-5-13)20-16(22)14(9-18)8-12-10-19-21(2)11-12/h4-8,10-11H,3H2,1-2H3,(H,20,22)/b14-8+. The molecule has 1 amide bonds. The van der Waals surface area contributed by atoms with Gasteiger partial charge in [-0.15, -0.1) is 0 Å². The van der Waals surface area contributed by atoms with Crippen LogP contribution in [0.15, 0.2) is 42.2 Å². The fraction of sp³-hybridized carbons (Fsp3) is 0.176. The highest BCUT2D eigenvalue weighted by Crippen LogP contribution is 2.13. The van der Waals surface area contributed by atoms with Crippen molar-refractivity contribution in [3.05, 3.63) is 53.4 Å². The van der Waals surface area contributed by atoms with E-state index in [4.69, 9.17) is 10.00 Å². The third kappa shape index (κ3) is 4.30. The number of carbonyl (C=O) groups is 2. The Morgan fingerprint density at radius 1 is 1.38 bits per heavy atom. The number of anilines is 1. The van der Waals surface area contributed by atoms with Crippen LogP contribution in [0.3, 0.4) is 0 Å². The summed E-state index contributed by atoms with van der Waals surface area (Å²) in [6.07, 6.45) is 4.70. The van der Waals surface area contributed by atoms with E-state index in [2.05, 4.69) is 10.4 Å². The quantitative estimate of drug-likeness (QED) is 0.516. The molecule has 0 bridgehead atoms. The maximum absolute atomic E-state index is 12.2. The number of hydrogen-bond acceptors (Lipinski definition) is 5. The molecular weight excluding hydrogens is 308 g/mol. The van der Waals surface area contributed by atoms with Crippen molar-refractivity contribution >= 4 is 23.6 Å². The Morgan fingerprint density at radius 3 is 2.62 bits per heavy atom. The highest BCUT2D eigenvalue weighted by Gasteiger charge is 2.11. The van der Waals surface area contributed by atoms with Crippen molar-refractivity contribution in [1.29, 1.82) is 5.26 Å². The SMILES string of the molecule is CCOC(=O)c1ccc(NC(=O)/C(C#N)=C/c2cnn(C)c2)cc1. The van der Waals surface area contributed by atoms with Crippen molar-refractivity contribution in [1.82, 2.24) is 9.78 Å². The molecule has 1 N–H and O–H groups in total. The van der Waals surface area contributed by atoms with Crippen LogP contribution in [0.4, 0.5) is 5.69 Å². The van der Waals surface area contributed by atoms with Crippen molar-refractivity contribution in [3.8, 4) is 6.07 Å². The average Bonchev–Trinajstić information content (AvgIpc) is 2.98. The summed E-state index contributed by atoms with van der Waals surface area (Å²) < 4.78 is 6.46. The highest BCUT2D eigenvalue weighted by molar-refractivity contribution is 6.09. The number of esters is 1. The predicted octanol–water partition coefficient (Wildman–Crippen LogP) is 2.14. The van der Waals surface area contributed by atoms with E-state index in [1.165, 1.54) is 6.08 Å². The average molecular weight is 324 g/mol. The van der Waals surface area contributed by atoms with Gasteiger partial charge in [0.15, 0.2) is 0 Å². The minimum Gasteiger partial charge on any atom is -0.462 e. The van der Waals surface area contributed by atoms with Gasteiger partial charge in [-0.3, -0.25) is 9.48 Å². The van der Waals surface area contributed by atoms with Gasteiger partial charge in [-0.2, -0.15) is 10.4 Å². The molecule has 24 heavy (non-hydrogen) atoms. The van der Waals surface area contributed by atoms with Crippen molar-refractivity contribution in [2.45, 2.75) is 6.92 Å². The van der Waals surface area contributed by atoms with Crippen molar-refractivity contribution in [3.63, 3.8) is 0 Å². The first-order valence-corrected chi connectivity index (χ1v) is 7.22. The number of nitrogens with zero attached hydrogens (tertiary/aromatic N) is 3. The lowest BCUT2D eigenvalue weighted by Gasteiger charge is -2.06. The molecule has 1 heterocycles. The third-order valence-electron chi connectivity index (χ3n) is 3.05. The molecule has 0 aliphatic carbocycles. The maximum Gasteiger partial charge on any atom is 0.338 e. The van der Waals surface area contributed by atoms with Gasteiger partial charge in [0.2, 0.25) is 0 Å². The fourth-order valence-corrected chi connectivity index (χ4v) is 1.93. The molecule has 0 fully saturated rings. The van der Waals surface area contributed by atoms with Crippen LogP contribution < -0.4 is 5.32 Å². The molecule has 0 saturated heterocycles. The first-order chi connectivity index (χ1) is 11.5. The van der Waals surface area contributed by atoms with Crippen molar-refractivity contribution in [2.75, 3.05) is 11.9 Å². The number of nitriles is 1. The summed E-state index contributed by atoms with van der Waals surface area (Å²) in [5.74, 6) is -0.963. The second kappa shape index (κ2) is 7.74. The Morgan fingerprint density at radius 2 is 2.08 bits per heavy atom. The molecule has 0 saturated carbocycles. The summed E-state index contributed by atoms with van der Waals surface area (Å²) >= 11 is 0. The lowest BCUT2D eigenvalue weighted by molar-refractivity contribution is -0.112.